The Labute approximate surface area is 252 Å². The summed E-state index contributed by atoms with van der Waals surface area (Å²) in [4.78, 5) is 48.2. The molecule has 0 aliphatic rings. The number of rotatable bonds is 13. The molecule has 0 aromatic heterocycles. The Balaban J connectivity index is 2.51. The number of benzene rings is 2. The van der Waals surface area contributed by atoms with Crippen molar-refractivity contribution in [3.63, 3.8) is 0 Å². The third-order valence-electron chi connectivity index (χ3n) is 5.51. The number of carbonyl (C=O) groups is 3. The Hall–Kier alpha value is -3.97. The zero-order chi connectivity index (χ0) is 33.4. The van der Waals surface area contributed by atoms with E-state index in [9.17, 15) is 27.2 Å². The predicted molar refractivity (Wildman–Crippen MR) is 150 cm³/mol. The topological polar surface area (TPSA) is 176 Å². The van der Waals surface area contributed by atoms with Gasteiger partial charge in [-0.15, -0.1) is 0 Å². The van der Waals surface area contributed by atoms with Gasteiger partial charge in [-0.05, 0) is 51.5 Å². The summed E-state index contributed by atoms with van der Waals surface area (Å²) in [6, 6.07) is 4.65. The van der Waals surface area contributed by atoms with Crippen molar-refractivity contribution < 1.29 is 55.5 Å². The summed E-state index contributed by atoms with van der Waals surface area (Å²) in [6.45, 7) is 3.08. The molecular formula is C26H34F3N5O9S. The number of halogens is 3. The molecule has 0 fully saturated rings. The summed E-state index contributed by atoms with van der Waals surface area (Å²) in [5, 5.41) is 11.7. The van der Waals surface area contributed by atoms with Gasteiger partial charge in [0, 0.05) is 12.6 Å². The van der Waals surface area contributed by atoms with Crippen LogP contribution in [0.5, 0.6) is 0 Å². The lowest BCUT2D eigenvalue weighted by molar-refractivity contribution is -0.179. The van der Waals surface area contributed by atoms with Crippen LogP contribution in [0.25, 0.3) is 0 Å². The standard InChI is InChI=1S/C26H34F3N5O9S/c1-15-7-8-19(18(27)11-15)31-23-17(24(37)32-42-10-9-35)12-16(21(28)22(23)29)13-33(41-6)20(36)14-34(44(39,40)30-5)25(38)43-26(2,3)4/h7-8,11-12,30-31,35H,9-10,13-14H2,1-6H3,(H,32,37). The van der Waals surface area contributed by atoms with Crippen molar-refractivity contribution in [2.45, 2.75) is 39.8 Å². The maximum atomic E-state index is 15.5. The van der Waals surface area contributed by atoms with Gasteiger partial charge in [0.25, 0.3) is 11.8 Å². The normalized spacial score (nSPS) is 11.6. The zero-order valence-corrected chi connectivity index (χ0v) is 25.6. The van der Waals surface area contributed by atoms with Crippen LogP contribution < -0.4 is 15.5 Å². The molecule has 4 N–H and O–H groups in total. The van der Waals surface area contributed by atoms with Crippen LogP contribution in [0.1, 0.15) is 42.3 Å². The molecule has 44 heavy (non-hydrogen) atoms. The van der Waals surface area contributed by atoms with E-state index in [1.54, 1.807) is 6.92 Å². The van der Waals surface area contributed by atoms with Crippen molar-refractivity contribution in [3.8, 4) is 0 Å². The Morgan fingerprint density at radius 3 is 2.27 bits per heavy atom. The quantitative estimate of drug-likeness (QED) is 0.186. The van der Waals surface area contributed by atoms with Crippen LogP contribution in [0.4, 0.5) is 29.3 Å². The molecule has 0 aliphatic carbocycles. The number of carbonyl (C=O) groups excluding carboxylic acids is 3. The van der Waals surface area contributed by atoms with E-state index in [-0.39, 0.29) is 16.6 Å². The molecule has 0 saturated carbocycles. The van der Waals surface area contributed by atoms with E-state index in [4.69, 9.17) is 19.5 Å². The van der Waals surface area contributed by atoms with Gasteiger partial charge in [0.15, 0.2) is 11.6 Å². The summed E-state index contributed by atoms with van der Waals surface area (Å²) in [7, 11) is -2.63. The van der Waals surface area contributed by atoms with Crippen molar-refractivity contribution >= 4 is 39.5 Å². The van der Waals surface area contributed by atoms with Crippen LogP contribution in [0.15, 0.2) is 24.3 Å². The average Bonchev–Trinajstić information content (AvgIpc) is 2.93. The molecule has 14 nitrogen and oxygen atoms in total. The van der Waals surface area contributed by atoms with E-state index in [0.717, 1.165) is 26.3 Å². The van der Waals surface area contributed by atoms with Gasteiger partial charge in [0.1, 0.15) is 18.0 Å². The fourth-order valence-electron chi connectivity index (χ4n) is 3.45. The number of aliphatic hydroxyl groups is 1. The van der Waals surface area contributed by atoms with Crippen molar-refractivity contribution in [2.24, 2.45) is 0 Å². The number of anilines is 2. The SMILES string of the molecule is CNS(=O)(=O)N(CC(=O)N(Cc1cc(C(=O)NOCCO)c(Nc2ccc(C)cc2F)c(F)c1F)OC)C(=O)OC(C)(C)C. The minimum absolute atomic E-state index is 0.0735. The molecule has 0 spiro atoms. The van der Waals surface area contributed by atoms with E-state index in [1.807, 2.05) is 10.2 Å². The maximum Gasteiger partial charge on any atom is 0.425 e. The number of hydrogen-bond donors (Lipinski definition) is 4. The van der Waals surface area contributed by atoms with E-state index in [2.05, 4.69) is 5.32 Å². The second-order valence-corrected chi connectivity index (χ2v) is 11.8. The average molecular weight is 650 g/mol. The lowest BCUT2D eigenvalue weighted by Gasteiger charge is -2.28. The molecule has 0 radical (unpaired) electrons. The van der Waals surface area contributed by atoms with E-state index in [1.165, 1.54) is 32.9 Å². The van der Waals surface area contributed by atoms with Gasteiger partial charge in [0.2, 0.25) is 0 Å². The lowest BCUT2D eigenvalue weighted by Crippen LogP contribution is -2.50. The van der Waals surface area contributed by atoms with Gasteiger partial charge in [-0.2, -0.15) is 12.7 Å². The predicted octanol–water partition coefficient (Wildman–Crippen LogP) is 2.40. The highest BCUT2D eigenvalue weighted by molar-refractivity contribution is 7.87. The van der Waals surface area contributed by atoms with Crippen molar-refractivity contribution in [3.05, 3.63) is 58.4 Å². The molecule has 0 aliphatic heterocycles. The molecule has 0 atom stereocenters. The lowest BCUT2D eigenvalue weighted by atomic mass is 10.0. The van der Waals surface area contributed by atoms with Gasteiger partial charge in [-0.3, -0.25) is 19.3 Å². The van der Waals surface area contributed by atoms with Gasteiger partial charge < -0.3 is 15.2 Å². The third kappa shape index (κ3) is 9.52. The summed E-state index contributed by atoms with van der Waals surface area (Å²) >= 11 is 0. The van der Waals surface area contributed by atoms with Gasteiger partial charge in [0.05, 0.1) is 43.8 Å². The number of hydroxylamine groups is 3. The van der Waals surface area contributed by atoms with E-state index in [0.29, 0.717) is 10.6 Å². The zero-order valence-electron chi connectivity index (χ0n) is 24.8. The molecule has 0 saturated heterocycles. The van der Waals surface area contributed by atoms with Crippen LogP contribution in [-0.4, -0.2) is 80.3 Å². The Kier molecular flexibility index (Phi) is 12.5. The van der Waals surface area contributed by atoms with Crippen molar-refractivity contribution in [2.75, 3.05) is 39.2 Å². The van der Waals surface area contributed by atoms with Crippen LogP contribution in [0.3, 0.4) is 0 Å². The molecule has 244 valence electrons. The van der Waals surface area contributed by atoms with E-state index < -0.39 is 87.7 Å². The molecule has 2 aromatic rings. The maximum absolute atomic E-state index is 15.5. The number of amides is 3. The monoisotopic (exact) mass is 649 g/mol. The Bertz CT molecular complexity index is 1490. The minimum Gasteiger partial charge on any atom is -0.443 e. The number of aryl methyl sites for hydroxylation is 1. The fraction of sp³-hybridized carbons (Fsp3) is 0.423. The first-order chi connectivity index (χ1) is 20.4. The van der Waals surface area contributed by atoms with Gasteiger partial charge in [-0.25, -0.2) is 33.2 Å². The van der Waals surface area contributed by atoms with Crippen LogP contribution in [0.2, 0.25) is 0 Å². The number of aliphatic hydroxyl groups excluding tert-OH is 1. The molecule has 3 amide bonds. The highest BCUT2D eigenvalue weighted by Gasteiger charge is 2.35. The highest BCUT2D eigenvalue weighted by Crippen LogP contribution is 2.31. The summed E-state index contributed by atoms with van der Waals surface area (Å²) in [5.74, 6) is -6.40. The summed E-state index contributed by atoms with van der Waals surface area (Å²) in [6.07, 6.45) is -1.41. The number of nitrogens with zero attached hydrogens (tertiary/aromatic N) is 2. The van der Waals surface area contributed by atoms with Gasteiger partial charge in [-0.1, -0.05) is 6.07 Å². The number of ether oxygens (including phenoxy) is 1. The third-order valence-corrected chi connectivity index (χ3v) is 6.88. The Morgan fingerprint density at radius 2 is 1.73 bits per heavy atom. The molecule has 0 heterocycles. The first-order valence-electron chi connectivity index (χ1n) is 12.8. The number of nitrogens with one attached hydrogen (secondary N) is 3. The molecule has 2 rings (SSSR count). The largest absolute Gasteiger partial charge is 0.443 e. The minimum atomic E-state index is -4.58. The van der Waals surface area contributed by atoms with Crippen molar-refractivity contribution in [1.29, 1.82) is 0 Å². The smallest absolute Gasteiger partial charge is 0.425 e. The van der Waals surface area contributed by atoms with Crippen LogP contribution in [0, 0.1) is 24.4 Å². The second-order valence-electron chi connectivity index (χ2n) is 10.0. The first kappa shape index (κ1) is 36.2. The fourth-order valence-corrected chi connectivity index (χ4v) is 4.18. The summed E-state index contributed by atoms with van der Waals surface area (Å²) in [5.41, 5.74) is -1.01. The first-order valence-corrected chi connectivity index (χ1v) is 14.2. The van der Waals surface area contributed by atoms with Crippen molar-refractivity contribution in [1.82, 2.24) is 19.6 Å². The number of hydrogen-bond acceptors (Lipinski definition) is 10. The molecule has 0 unspecified atom stereocenters. The molecule has 0 bridgehead atoms. The molecule has 18 heteroatoms. The van der Waals surface area contributed by atoms with Crippen LogP contribution >= 0.6 is 0 Å². The van der Waals surface area contributed by atoms with E-state index >= 15 is 8.78 Å². The van der Waals surface area contributed by atoms with Gasteiger partial charge >= 0.3 is 16.3 Å². The summed E-state index contributed by atoms with van der Waals surface area (Å²) < 4.78 is 77.3. The molecule has 2 aromatic carbocycles. The Morgan fingerprint density at radius 1 is 1.07 bits per heavy atom. The van der Waals surface area contributed by atoms with Crippen LogP contribution in [-0.2, 0) is 36.0 Å². The second kappa shape index (κ2) is 15.2. The highest BCUT2D eigenvalue weighted by atomic mass is 32.2. The molecular weight excluding hydrogens is 615 g/mol.